The fourth-order valence-corrected chi connectivity index (χ4v) is 4.11. The third-order valence-electron chi connectivity index (χ3n) is 5.08. The Balaban J connectivity index is 1.95. The summed E-state index contributed by atoms with van der Waals surface area (Å²) in [4.78, 5) is 25.9. The number of anilines is 1. The zero-order valence-corrected chi connectivity index (χ0v) is 18.7. The zero-order valence-electron chi connectivity index (χ0n) is 17.2. The molecule has 1 atom stereocenters. The van der Waals surface area contributed by atoms with Crippen LogP contribution < -0.4 is 10.9 Å². The van der Waals surface area contributed by atoms with Gasteiger partial charge in [0, 0.05) is 15.7 Å². The van der Waals surface area contributed by atoms with Crippen molar-refractivity contribution >= 4 is 52.2 Å². The highest BCUT2D eigenvalue weighted by Gasteiger charge is 2.19. The van der Waals surface area contributed by atoms with Crippen molar-refractivity contribution < 1.29 is 4.39 Å². The summed E-state index contributed by atoms with van der Waals surface area (Å²) in [6, 6.07) is 10.3. The van der Waals surface area contributed by atoms with Gasteiger partial charge in [0.2, 0.25) is 0 Å². The van der Waals surface area contributed by atoms with Gasteiger partial charge >= 0.3 is 0 Å². The molecule has 0 amide bonds. The molecule has 1 N–H and O–H groups in total. The van der Waals surface area contributed by atoms with Crippen molar-refractivity contribution in [3.63, 3.8) is 0 Å². The van der Waals surface area contributed by atoms with Crippen LogP contribution in [0, 0.1) is 12.7 Å². The number of nitrogens with zero attached hydrogens (tertiary/aromatic N) is 4. The van der Waals surface area contributed by atoms with Crippen molar-refractivity contribution in [3.8, 4) is 5.69 Å². The molecule has 0 saturated heterocycles. The van der Waals surface area contributed by atoms with Crippen molar-refractivity contribution in [3.05, 3.63) is 86.4 Å². The molecule has 4 rings (SSSR count). The van der Waals surface area contributed by atoms with E-state index in [4.69, 9.17) is 23.2 Å². The minimum absolute atomic E-state index is 0.239. The smallest absolute Gasteiger partial charge is 0.263 e. The van der Waals surface area contributed by atoms with E-state index in [-0.39, 0.29) is 5.39 Å². The highest BCUT2D eigenvalue weighted by molar-refractivity contribution is 6.34. The molecule has 32 heavy (non-hydrogen) atoms. The van der Waals surface area contributed by atoms with Gasteiger partial charge in [0.15, 0.2) is 5.82 Å². The number of fused-ring (bicyclic) bond motifs is 1. The maximum atomic E-state index is 13.9. The van der Waals surface area contributed by atoms with E-state index < -0.39 is 17.4 Å². The molecule has 0 aliphatic heterocycles. The lowest BCUT2D eigenvalue weighted by Gasteiger charge is -2.22. The molecule has 0 bridgehead atoms. The minimum Gasteiger partial charge on any atom is -0.360 e. The maximum Gasteiger partial charge on any atom is 0.263 e. The third-order valence-corrected chi connectivity index (χ3v) is 5.51. The van der Waals surface area contributed by atoms with E-state index in [1.807, 2.05) is 13.0 Å². The number of nitrogens with one attached hydrogen (secondary N) is 1. The first-order valence-electron chi connectivity index (χ1n) is 9.65. The highest BCUT2D eigenvalue weighted by Crippen LogP contribution is 2.30. The van der Waals surface area contributed by atoms with Crippen LogP contribution in [0.4, 0.5) is 15.9 Å². The molecule has 1 unspecified atom stereocenters. The molecule has 9 heteroatoms. The minimum atomic E-state index is -0.498. The van der Waals surface area contributed by atoms with E-state index in [0.29, 0.717) is 44.0 Å². The zero-order chi connectivity index (χ0) is 23.0. The number of aliphatic imine (C=N–C) groups is 1. The van der Waals surface area contributed by atoms with E-state index in [9.17, 15) is 9.18 Å². The summed E-state index contributed by atoms with van der Waals surface area (Å²) in [6.07, 6.45) is 1.42. The summed E-state index contributed by atoms with van der Waals surface area (Å²) >= 11 is 12.4. The van der Waals surface area contributed by atoms with Crippen molar-refractivity contribution in [2.45, 2.75) is 19.9 Å². The second-order valence-corrected chi connectivity index (χ2v) is 8.12. The first kappa shape index (κ1) is 21.9. The van der Waals surface area contributed by atoms with Crippen LogP contribution in [0.2, 0.25) is 10.0 Å². The predicted molar refractivity (Wildman–Crippen MR) is 128 cm³/mol. The van der Waals surface area contributed by atoms with E-state index in [1.165, 1.54) is 23.0 Å². The summed E-state index contributed by atoms with van der Waals surface area (Å²) in [5.41, 5.74) is 1.84. The molecule has 2 aromatic heterocycles. The molecule has 4 aromatic rings. The summed E-state index contributed by atoms with van der Waals surface area (Å²) < 4.78 is 15.4. The van der Waals surface area contributed by atoms with Crippen molar-refractivity contribution in [1.82, 2.24) is 14.5 Å². The average molecular weight is 470 g/mol. The number of rotatable bonds is 5. The largest absolute Gasteiger partial charge is 0.360 e. The molecule has 0 fully saturated rings. The average Bonchev–Trinajstić information content (AvgIpc) is 2.73. The van der Waals surface area contributed by atoms with Crippen molar-refractivity contribution in [2.75, 3.05) is 5.32 Å². The van der Waals surface area contributed by atoms with Gasteiger partial charge in [0.1, 0.15) is 17.8 Å². The summed E-state index contributed by atoms with van der Waals surface area (Å²) in [6.45, 7) is 7.26. The molecular formula is C23H18Cl2FN5O. The van der Waals surface area contributed by atoms with Gasteiger partial charge in [-0.05, 0) is 62.3 Å². The van der Waals surface area contributed by atoms with E-state index in [0.717, 1.165) is 0 Å². The Morgan fingerprint density at radius 1 is 1.12 bits per heavy atom. The van der Waals surface area contributed by atoms with Crippen molar-refractivity contribution in [1.29, 1.82) is 0 Å². The lowest BCUT2D eigenvalue weighted by Crippen LogP contribution is -2.25. The number of benzene rings is 2. The van der Waals surface area contributed by atoms with Crippen LogP contribution in [0.15, 0.2) is 58.6 Å². The molecule has 0 aliphatic rings. The fourth-order valence-electron chi connectivity index (χ4n) is 3.60. The van der Waals surface area contributed by atoms with E-state index in [1.54, 1.807) is 31.2 Å². The van der Waals surface area contributed by atoms with Crippen LogP contribution >= 0.6 is 23.2 Å². The monoisotopic (exact) mass is 469 g/mol. The van der Waals surface area contributed by atoms with Crippen LogP contribution in [0.25, 0.3) is 16.5 Å². The topological polar surface area (TPSA) is 72.2 Å². The van der Waals surface area contributed by atoms with Crippen LogP contribution in [0.1, 0.15) is 24.4 Å². The first-order valence-corrected chi connectivity index (χ1v) is 10.4. The highest BCUT2D eigenvalue weighted by atomic mass is 35.5. The standard InChI is InChI=1S/C23H18Cl2FN5O/c1-12(30-22-21(27-3)13(2)28-11-29-22)20-6-14-4-5-17(26)10-19(14)23(32)31(20)18-8-15(24)7-16(25)9-18/h4-12H,3H2,1-2H3,(H,28,29,30). The Hall–Kier alpha value is -3.29. The summed E-state index contributed by atoms with van der Waals surface area (Å²) in [5.74, 6) is -0.0234. The molecule has 2 heterocycles. The van der Waals surface area contributed by atoms with Gasteiger partial charge in [-0.3, -0.25) is 14.4 Å². The molecular weight excluding hydrogens is 452 g/mol. The Morgan fingerprint density at radius 3 is 2.53 bits per heavy atom. The molecule has 0 saturated carbocycles. The van der Waals surface area contributed by atoms with Gasteiger partial charge in [0.25, 0.3) is 5.56 Å². The van der Waals surface area contributed by atoms with Crippen LogP contribution in [-0.4, -0.2) is 21.3 Å². The summed E-state index contributed by atoms with van der Waals surface area (Å²) in [7, 11) is 0. The Kier molecular flexibility index (Phi) is 5.95. The van der Waals surface area contributed by atoms with Gasteiger partial charge in [0.05, 0.1) is 22.8 Å². The first-order chi connectivity index (χ1) is 15.3. The molecule has 0 spiro atoms. The van der Waals surface area contributed by atoms with Crippen LogP contribution in [0.3, 0.4) is 0 Å². The van der Waals surface area contributed by atoms with E-state index >= 15 is 0 Å². The normalized spacial score (nSPS) is 12.0. The number of pyridine rings is 1. The molecule has 2 aromatic carbocycles. The van der Waals surface area contributed by atoms with E-state index in [2.05, 4.69) is 27.0 Å². The molecule has 6 nitrogen and oxygen atoms in total. The van der Waals surface area contributed by atoms with Gasteiger partial charge in [-0.2, -0.15) is 0 Å². The van der Waals surface area contributed by atoms with Crippen LogP contribution in [0.5, 0.6) is 0 Å². The lowest BCUT2D eigenvalue weighted by atomic mass is 10.1. The Morgan fingerprint density at radius 2 is 1.84 bits per heavy atom. The van der Waals surface area contributed by atoms with Gasteiger partial charge in [-0.15, -0.1) is 0 Å². The summed E-state index contributed by atoms with van der Waals surface area (Å²) in [5, 5.41) is 4.86. The Bertz CT molecular complexity index is 1400. The third kappa shape index (κ3) is 4.09. The number of aryl methyl sites for hydroxylation is 1. The predicted octanol–water partition coefficient (Wildman–Crippen LogP) is 6.04. The number of hydrogen-bond acceptors (Lipinski definition) is 5. The molecule has 162 valence electrons. The maximum absolute atomic E-state index is 13.9. The lowest BCUT2D eigenvalue weighted by molar-refractivity contribution is 0.629. The van der Waals surface area contributed by atoms with Crippen molar-refractivity contribution in [2.24, 2.45) is 4.99 Å². The Labute approximate surface area is 193 Å². The second kappa shape index (κ2) is 8.68. The SMILES string of the molecule is C=Nc1c(C)ncnc1NC(C)c1cc2ccc(F)cc2c(=O)n1-c1cc(Cl)cc(Cl)c1. The second-order valence-electron chi connectivity index (χ2n) is 7.25. The molecule has 0 radical (unpaired) electrons. The number of aromatic nitrogens is 3. The van der Waals surface area contributed by atoms with Gasteiger partial charge < -0.3 is 5.32 Å². The van der Waals surface area contributed by atoms with Gasteiger partial charge in [-0.25, -0.2) is 14.4 Å². The fraction of sp³-hybridized carbons (Fsp3) is 0.130. The van der Waals surface area contributed by atoms with Gasteiger partial charge in [-0.1, -0.05) is 29.3 Å². The number of halogens is 3. The van der Waals surface area contributed by atoms with Crippen LogP contribution in [-0.2, 0) is 0 Å². The quantitative estimate of drug-likeness (QED) is 0.361. The number of hydrogen-bond donors (Lipinski definition) is 1. The molecule has 0 aliphatic carbocycles.